The highest BCUT2D eigenvalue weighted by Crippen LogP contribution is 2.22. The molecule has 118 valence electrons. The van der Waals surface area contributed by atoms with Gasteiger partial charge in [-0.3, -0.25) is 0 Å². The summed E-state index contributed by atoms with van der Waals surface area (Å²) in [5.74, 6) is 0.701. The molecule has 0 aliphatic rings. The molecule has 0 atom stereocenters. The summed E-state index contributed by atoms with van der Waals surface area (Å²) >= 11 is 1.57. The van der Waals surface area contributed by atoms with Crippen LogP contribution in [0, 0.1) is 6.92 Å². The molecule has 0 unspecified atom stereocenters. The van der Waals surface area contributed by atoms with Crippen LogP contribution in [0.4, 0.5) is 10.9 Å². The summed E-state index contributed by atoms with van der Waals surface area (Å²) in [6.45, 7) is 2.90. The smallest absolute Gasteiger partial charge is 0.188 e. The molecule has 5 nitrogen and oxygen atoms in total. The topological polar surface area (TPSA) is 53.9 Å². The molecule has 3 aromatic rings. The quantitative estimate of drug-likeness (QED) is 0.775. The first-order valence-corrected chi connectivity index (χ1v) is 8.25. The van der Waals surface area contributed by atoms with Crippen LogP contribution in [0.3, 0.4) is 0 Å². The first-order chi connectivity index (χ1) is 11.1. The normalized spacial score (nSPS) is 11.0. The van der Waals surface area contributed by atoms with Gasteiger partial charge in [-0.05, 0) is 33.2 Å². The van der Waals surface area contributed by atoms with Crippen molar-refractivity contribution in [2.24, 2.45) is 0 Å². The van der Waals surface area contributed by atoms with Gasteiger partial charge in [0.05, 0.1) is 11.4 Å². The van der Waals surface area contributed by atoms with E-state index < -0.39 is 0 Å². The number of hydrogen-bond donors (Lipinski definition) is 1. The average molecular weight is 325 g/mol. The maximum Gasteiger partial charge on any atom is 0.188 e. The molecule has 0 aliphatic heterocycles. The number of anilines is 2. The van der Waals surface area contributed by atoms with Crippen molar-refractivity contribution < 1.29 is 0 Å². The van der Waals surface area contributed by atoms with E-state index in [1.54, 1.807) is 11.3 Å². The maximum atomic E-state index is 4.53. The van der Waals surface area contributed by atoms with Crippen LogP contribution in [0.2, 0.25) is 0 Å². The molecule has 6 heteroatoms. The molecule has 23 heavy (non-hydrogen) atoms. The summed E-state index contributed by atoms with van der Waals surface area (Å²) in [6, 6.07) is 12.2. The SMILES string of the molecule is Cc1ccc(-c2ccc(Nc3nc(CN(C)C)cs3)nn2)cc1. The predicted octanol–water partition coefficient (Wildman–Crippen LogP) is 3.71. The summed E-state index contributed by atoms with van der Waals surface area (Å²) in [6.07, 6.45) is 0. The molecular weight excluding hydrogens is 306 g/mol. The number of rotatable bonds is 5. The Kier molecular flexibility index (Phi) is 4.64. The van der Waals surface area contributed by atoms with Crippen molar-refractivity contribution >= 4 is 22.3 Å². The van der Waals surface area contributed by atoms with E-state index in [1.165, 1.54) is 5.56 Å². The molecule has 0 saturated carbocycles. The second kappa shape index (κ2) is 6.85. The number of thiazole rings is 1. The van der Waals surface area contributed by atoms with E-state index in [1.807, 2.05) is 26.2 Å². The van der Waals surface area contributed by atoms with Crippen LogP contribution in [0.15, 0.2) is 41.8 Å². The largest absolute Gasteiger partial charge is 0.315 e. The lowest BCUT2D eigenvalue weighted by Crippen LogP contribution is -2.10. The van der Waals surface area contributed by atoms with Crippen molar-refractivity contribution in [3.05, 3.63) is 53.0 Å². The molecule has 0 radical (unpaired) electrons. The van der Waals surface area contributed by atoms with Gasteiger partial charge in [0.2, 0.25) is 0 Å². The number of benzene rings is 1. The first kappa shape index (κ1) is 15.6. The van der Waals surface area contributed by atoms with Crippen LogP contribution in [0.25, 0.3) is 11.3 Å². The van der Waals surface area contributed by atoms with Gasteiger partial charge in [0.15, 0.2) is 10.9 Å². The summed E-state index contributed by atoms with van der Waals surface area (Å²) in [5.41, 5.74) is 4.21. The molecule has 1 N–H and O–H groups in total. The zero-order chi connectivity index (χ0) is 16.2. The Morgan fingerprint density at radius 2 is 1.83 bits per heavy atom. The highest BCUT2D eigenvalue weighted by molar-refractivity contribution is 7.13. The molecule has 0 amide bonds. The first-order valence-electron chi connectivity index (χ1n) is 7.37. The summed E-state index contributed by atoms with van der Waals surface area (Å²) < 4.78 is 0. The van der Waals surface area contributed by atoms with Gasteiger partial charge < -0.3 is 10.2 Å². The van der Waals surface area contributed by atoms with Crippen LogP contribution >= 0.6 is 11.3 Å². The Balaban J connectivity index is 1.70. The summed E-state index contributed by atoms with van der Waals surface area (Å²) in [4.78, 5) is 6.63. The van der Waals surface area contributed by atoms with E-state index in [0.29, 0.717) is 5.82 Å². The van der Waals surface area contributed by atoms with Crippen LogP contribution in [-0.2, 0) is 6.54 Å². The van der Waals surface area contributed by atoms with Crippen molar-refractivity contribution in [1.29, 1.82) is 0 Å². The second-order valence-corrected chi connectivity index (χ2v) is 6.53. The number of hydrogen-bond acceptors (Lipinski definition) is 6. The second-order valence-electron chi connectivity index (χ2n) is 5.68. The average Bonchev–Trinajstić information content (AvgIpc) is 2.95. The highest BCUT2D eigenvalue weighted by Gasteiger charge is 2.05. The Labute approximate surface area is 140 Å². The van der Waals surface area contributed by atoms with E-state index >= 15 is 0 Å². The van der Waals surface area contributed by atoms with Gasteiger partial charge in [-0.2, -0.15) is 0 Å². The Bertz CT molecular complexity index is 762. The Morgan fingerprint density at radius 1 is 1.04 bits per heavy atom. The van der Waals surface area contributed by atoms with Crippen molar-refractivity contribution in [3.8, 4) is 11.3 Å². The fraction of sp³-hybridized carbons (Fsp3) is 0.235. The van der Waals surface area contributed by atoms with Crippen LogP contribution < -0.4 is 5.32 Å². The summed E-state index contributed by atoms with van der Waals surface area (Å²) in [7, 11) is 4.06. The standard InChI is InChI=1S/C17H19N5S/c1-12-4-6-13(7-5-12)15-8-9-16(21-20-15)19-17-18-14(11-23-17)10-22(2)3/h4-9,11H,10H2,1-3H3,(H,18,19,21). The molecule has 0 spiro atoms. The predicted molar refractivity (Wildman–Crippen MR) is 95.0 cm³/mol. The maximum absolute atomic E-state index is 4.53. The van der Waals surface area contributed by atoms with E-state index in [-0.39, 0.29) is 0 Å². The number of nitrogens with one attached hydrogen (secondary N) is 1. The van der Waals surface area contributed by atoms with E-state index in [0.717, 1.165) is 28.6 Å². The van der Waals surface area contributed by atoms with Gasteiger partial charge in [0.25, 0.3) is 0 Å². The monoisotopic (exact) mass is 325 g/mol. The van der Waals surface area contributed by atoms with Crippen molar-refractivity contribution in [2.75, 3.05) is 19.4 Å². The molecular formula is C17H19N5S. The molecule has 1 aromatic carbocycles. The Hall–Kier alpha value is -2.31. The molecule has 0 saturated heterocycles. The van der Waals surface area contributed by atoms with Gasteiger partial charge >= 0.3 is 0 Å². The molecule has 2 aromatic heterocycles. The Morgan fingerprint density at radius 3 is 2.48 bits per heavy atom. The lowest BCUT2D eigenvalue weighted by molar-refractivity contribution is 0.398. The van der Waals surface area contributed by atoms with Crippen molar-refractivity contribution in [3.63, 3.8) is 0 Å². The zero-order valence-corrected chi connectivity index (χ0v) is 14.3. The van der Waals surface area contributed by atoms with Crippen LogP contribution in [0.1, 0.15) is 11.3 Å². The van der Waals surface area contributed by atoms with E-state index in [4.69, 9.17) is 0 Å². The fourth-order valence-electron chi connectivity index (χ4n) is 2.15. The third-order valence-corrected chi connectivity index (χ3v) is 4.08. The molecule has 0 aliphatic carbocycles. The molecule has 2 heterocycles. The minimum absolute atomic E-state index is 0.701. The lowest BCUT2D eigenvalue weighted by atomic mass is 10.1. The molecule has 3 rings (SSSR count). The van der Waals surface area contributed by atoms with Gasteiger partial charge in [0, 0.05) is 17.5 Å². The van der Waals surface area contributed by atoms with E-state index in [2.05, 4.69) is 62.0 Å². The third kappa shape index (κ3) is 4.12. The van der Waals surface area contributed by atoms with Gasteiger partial charge in [0.1, 0.15) is 0 Å². The zero-order valence-electron chi connectivity index (χ0n) is 13.4. The van der Waals surface area contributed by atoms with Gasteiger partial charge in [-0.15, -0.1) is 21.5 Å². The van der Waals surface area contributed by atoms with Crippen molar-refractivity contribution in [1.82, 2.24) is 20.1 Å². The summed E-state index contributed by atoms with van der Waals surface area (Å²) in [5, 5.41) is 14.6. The number of aromatic nitrogens is 3. The molecule has 0 fully saturated rings. The number of aryl methyl sites for hydroxylation is 1. The number of nitrogens with zero attached hydrogens (tertiary/aromatic N) is 4. The minimum Gasteiger partial charge on any atom is -0.315 e. The van der Waals surface area contributed by atoms with Crippen molar-refractivity contribution in [2.45, 2.75) is 13.5 Å². The third-order valence-electron chi connectivity index (χ3n) is 3.28. The highest BCUT2D eigenvalue weighted by atomic mass is 32.1. The minimum atomic E-state index is 0.701. The van der Waals surface area contributed by atoms with Crippen LogP contribution in [0.5, 0.6) is 0 Å². The van der Waals surface area contributed by atoms with Crippen LogP contribution in [-0.4, -0.2) is 34.2 Å². The van der Waals surface area contributed by atoms with Gasteiger partial charge in [-0.1, -0.05) is 29.8 Å². The fourth-order valence-corrected chi connectivity index (χ4v) is 2.86. The molecule has 0 bridgehead atoms. The lowest BCUT2D eigenvalue weighted by Gasteiger charge is -2.06. The van der Waals surface area contributed by atoms with Gasteiger partial charge in [-0.25, -0.2) is 4.98 Å². The van der Waals surface area contributed by atoms with E-state index in [9.17, 15) is 0 Å².